The molecule has 7 heteroatoms. The zero-order valence-electron chi connectivity index (χ0n) is 15.8. The van der Waals surface area contributed by atoms with Crippen molar-refractivity contribution in [2.24, 2.45) is 0 Å². The fourth-order valence-corrected chi connectivity index (χ4v) is 3.63. The highest BCUT2D eigenvalue weighted by Gasteiger charge is 2.17. The lowest BCUT2D eigenvalue weighted by molar-refractivity contribution is 0.0501. The number of sulfonamides is 1. The third-order valence-electron chi connectivity index (χ3n) is 4.07. The highest BCUT2D eigenvalue weighted by Crippen LogP contribution is 2.19. The van der Waals surface area contributed by atoms with Crippen LogP contribution in [0.2, 0.25) is 0 Å². The summed E-state index contributed by atoms with van der Waals surface area (Å²) < 4.78 is 32.9. The molecule has 0 saturated heterocycles. The number of unbranched alkanes of at least 4 members (excludes halogenated alkanes) is 2. The van der Waals surface area contributed by atoms with Crippen molar-refractivity contribution in [1.29, 1.82) is 5.26 Å². The Bertz CT molecular complexity index is 932. The normalized spacial score (nSPS) is 10.9. The van der Waals surface area contributed by atoms with Crippen LogP contribution in [0.15, 0.2) is 53.4 Å². The van der Waals surface area contributed by atoms with Gasteiger partial charge >= 0.3 is 5.97 Å². The predicted octanol–water partition coefficient (Wildman–Crippen LogP) is 4.29. The van der Waals surface area contributed by atoms with Gasteiger partial charge in [0.25, 0.3) is 10.0 Å². The molecular formula is C21H24N2O4S. The smallest absolute Gasteiger partial charge is 0.338 e. The van der Waals surface area contributed by atoms with Gasteiger partial charge in [0.15, 0.2) is 0 Å². The summed E-state index contributed by atoms with van der Waals surface area (Å²) in [6.07, 6.45) is 3.89. The number of carbonyl (C=O) groups is 1. The summed E-state index contributed by atoms with van der Waals surface area (Å²) in [6, 6.07) is 14.9. The molecule has 0 saturated carbocycles. The molecule has 0 fully saturated rings. The number of ether oxygens (including phenoxy) is 1. The van der Waals surface area contributed by atoms with E-state index < -0.39 is 16.0 Å². The van der Waals surface area contributed by atoms with Crippen LogP contribution in [-0.2, 0) is 21.2 Å². The first-order valence-electron chi connectivity index (χ1n) is 9.22. The van der Waals surface area contributed by atoms with Gasteiger partial charge in [0, 0.05) is 12.1 Å². The average molecular weight is 401 g/mol. The van der Waals surface area contributed by atoms with Gasteiger partial charge in [-0.3, -0.25) is 4.72 Å². The average Bonchev–Trinajstić information content (AvgIpc) is 2.70. The quantitative estimate of drug-likeness (QED) is 0.474. The molecule has 0 aromatic heterocycles. The molecule has 6 nitrogen and oxygen atoms in total. The van der Waals surface area contributed by atoms with Gasteiger partial charge in [-0.1, -0.05) is 31.5 Å². The van der Waals surface area contributed by atoms with Gasteiger partial charge in [0.05, 0.1) is 23.1 Å². The van der Waals surface area contributed by atoms with Crippen molar-refractivity contribution in [2.75, 3.05) is 11.3 Å². The molecule has 0 unspecified atom stereocenters. The molecule has 2 aromatic carbocycles. The second-order valence-corrected chi connectivity index (χ2v) is 8.01. The lowest BCUT2D eigenvalue weighted by atomic mass is 10.1. The van der Waals surface area contributed by atoms with Crippen LogP contribution in [0.4, 0.5) is 5.69 Å². The van der Waals surface area contributed by atoms with Crippen molar-refractivity contribution in [1.82, 2.24) is 0 Å². The lowest BCUT2D eigenvalue weighted by Gasteiger charge is -2.10. The van der Waals surface area contributed by atoms with Crippen molar-refractivity contribution in [3.05, 3.63) is 59.7 Å². The Morgan fingerprint density at radius 2 is 1.89 bits per heavy atom. The number of aryl methyl sites for hydroxylation is 1. The highest BCUT2D eigenvalue weighted by atomic mass is 32.2. The molecule has 0 aliphatic rings. The predicted molar refractivity (Wildman–Crippen MR) is 107 cm³/mol. The van der Waals surface area contributed by atoms with E-state index in [0.717, 1.165) is 24.8 Å². The van der Waals surface area contributed by atoms with E-state index >= 15 is 0 Å². The van der Waals surface area contributed by atoms with Crippen LogP contribution in [0, 0.1) is 11.3 Å². The number of esters is 1. The van der Waals surface area contributed by atoms with Gasteiger partial charge in [-0.05, 0) is 55.2 Å². The molecule has 0 radical (unpaired) electrons. The first-order valence-corrected chi connectivity index (χ1v) is 10.7. The van der Waals surface area contributed by atoms with E-state index in [9.17, 15) is 13.2 Å². The molecule has 0 heterocycles. The Labute approximate surface area is 166 Å². The van der Waals surface area contributed by atoms with Crippen LogP contribution < -0.4 is 4.72 Å². The number of anilines is 1. The molecule has 2 aromatic rings. The molecule has 148 valence electrons. The fraction of sp³-hybridized carbons (Fsp3) is 0.333. The molecule has 0 amide bonds. The van der Waals surface area contributed by atoms with E-state index in [-0.39, 0.29) is 17.1 Å². The Balaban J connectivity index is 2.07. The summed E-state index contributed by atoms with van der Waals surface area (Å²) >= 11 is 0. The van der Waals surface area contributed by atoms with Crippen LogP contribution in [0.3, 0.4) is 0 Å². The maximum atomic E-state index is 12.6. The number of hydrogen-bond acceptors (Lipinski definition) is 5. The first kappa shape index (κ1) is 21.5. The topological polar surface area (TPSA) is 96.3 Å². The molecule has 2 rings (SSSR count). The zero-order valence-corrected chi connectivity index (χ0v) is 16.7. The molecular weight excluding hydrogens is 376 g/mol. The minimum absolute atomic E-state index is 0.0194. The monoisotopic (exact) mass is 400 g/mol. The Morgan fingerprint density at radius 3 is 2.57 bits per heavy atom. The third-order valence-corrected chi connectivity index (χ3v) is 5.45. The molecule has 0 aliphatic heterocycles. The Kier molecular flexibility index (Phi) is 8.02. The molecule has 1 N–H and O–H groups in total. The van der Waals surface area contributed by atoms with Crippen LogP contribution in [0.25, 0.3) is 0 Å². The lowest BCUT2D eigenvalue weighted by Crippen LogP contribution is -2.14. The molecule has 28 heavy (non-hydrogen) atoms. The van der Waals surface area contributed by atoms with Gasteiger partial charge < -0.3 is 4.74 Å². The van der Waals surface area contributed by atoms with Crippen LogP contribution in [0.1, 0.15) is 48.5 Å². The Hall–Kier alpha value is -2.85. The standard InChI is InChI=1S/C21H24N2O4S/c1-2-3-7-17-10-12-19(13-11-17)23-28(25,26)20-9-6-8-18(16-20)21(24)27-15-5-4-14-22/h6,8-13,16,23H,2-5,7,15H2,1H3. The van der Waals surface area contributed by atoms with Gasteiger partial charge in [-0.15, -0.1) is 0 Å². The molecule has 0 atom stereocenters. The maximum absolute atomic E-state index is 12.6. The number of rotatable bonds is 10. The van der Waals surface area contributed by atoms with Crippen molar-refractivity contribution in [3.63, 3.8) is 0 Å². The molecule has 0 aliphatic carbocycles. The van der Waals surface area contributed by atoms with Crippen molar-refractivity contribution >= 4 is 21.7 Å². The summed E-state index contributed by atoms with van der Waals surface area (Å²) in [5, 5.41) is 8.48. The van der Waals surface area contributed by atoms with Crippen molar-refractivity contribution in [2.45, 2.75) is 43.9 Å². The molecule has 0 bridgehead atoms. The van der Waals surface area contributed by atoms with Gasteiger partial charge in [-0.2, -0.15) is 5.26 Å². The van der Waals surface area contributed by atoms with E-state index in [1.54, 1.807) is 12.1 Å². The van der Waals surface area contributed by atoms with E-state index in [2.05, 4.69) is 11.6 Å². The molecule has 0 spiro atoms. The zero-order chi connectivity index (χ0) is 20.4. The van der Waals surface area contributed by atoms with Crippen LogP contribution in [0.5, 0.6) is 0 Å². The summed E-state index contributed by atoms with van der Waals surface area (Å²) in [6.45, 7) is 2.24. The third kappa shape index (κ3) is 6.39. The summed E-state index contributed by atoms with van der Waals surface area (Å²) in [5.41, 5.74) is 1.77. The number of nitrogens with one attached hydrogen (secondary N) is 1. The van der Waals surface area contributed by atoms with E-state index in [1.807, 2.05) is 18.2 Å². The van der Waals surface area contributed by atoms with Crippen LogP contribution in [-0.4, -0.2) is 21.0 Å². The minimum Gasteiger partial charge on any atom is -0.462 e. The SMILES string of the molecule is CCCCc1ccc(NS(=O)(=O)c2cccc(C(=O)OCCCC#N)c2)cc1. The largest absolute Gasteiger partial charge is 0.462 e. The Morgan fingerprint density at radius 1 is 1.14 bits per heavy atom. The summed E-state index contributed by atoms with van der Waals surface area (Å²) in [7, 11) is -3.83. The maximum Gasteiger partial charge on any atom is 0.338 e. The summed E-state index contributed by atoms with van der Waals surface area (Å²) in [4.78, 5) is 12.0. The van der Waals surface area contributed by atoms with E-state index in [4.69, 9.17) is 10.00 Å². The second kappa shape index (κ2) is 10.5. The first-order chi connectivity index (χ1) is 13.5. The number of benzene rings is 2. The second-order valence-electron chi connectivity index (χ2n) is 6.33. The van der Waals surface area contributed by atoms with Gasteiger partial charge in [0.1, 0.15) is 0 Å². The number of nitriles is 1. The fourth-order valence-electron chi connectivity index (χ4n) is 2.52. The van der Waals surface area contributed by atoms with Crippen molar-refractivity contribution in [3.8, 4) is 6.07 Å². The van der Waals surface area contributed by atoms with E-state index in [1.165, 1.54) is 24.3 Å². The number of hydrogen-bond donors (Lipinski definition) is 1. The number of nitrogens with zero attached hydrogens (tertiary/aromatic N) is 1. The van der Waals surface area contributed by atoms with Crippen LogP contribution >= 0.6 is 0 Å². The van der Waals surface area contributed by atoms with Crippen molar-refractivity contribution < 1.29 is 17.9 Å². The van der Waals surface area contributed by atoms with E-state index in [0.29, 0.717) is 18.5 Å². The van der Waals surface area contributed by atoms with Gasteiger partial charge in [0.2, 0.25) is 0 Å². The highest BCUT2D eigenvalue weighted by molar-refractivity contribution is 7.92. The summed E-state index contributed by atoms with van der Waals surface area (Å²) in [5.74, 6) is -0.615. The minimum atomic E-state index is -3.83. The van der Waals surface area contributed by atoms with Gasteiger partial charge in [-0.25, -0.2) is 13.2 Å². The number of carbonyl (C=O) groups excluding carboxylic acids is 1.